The highest BCUT2D eigenvalue weighted by Gasteiger charge is 2.26. The number of carbonyl (C=O) groups is 2. The maximum absolute atomic E-state index is 13.1. The molecule has 2 atom stereocenters. The van der Waals surface area contributed by atoms with Gasteiger partial charge in [-0.15, -0.1) is 0 Å². The summed E-state index contributed by atoms with van der Waals surface area (Å²) >= 11 is 0. The number of H-pyrrole nitrogens is 1. The van der Waals surface area contributed by atoms with Gasteiger partial charge in [-0.05, 0) is 42.8 Å². The van der Waals surface area contributed by atoms with Gasteiger partial charge < -0.3 is 25.8 Å². The molecule has 5 N–H and O–H groups in total. The van der Waals surface area contributed by atoms with E-state index in [0.29, 0.717) is 22.2 Å². The Labute approximate surface area is 227 Å². The summed E-state index contributed by atoms with van der Waals surface area (Å²) in [6.07, 6.45) is -1.18. The molecule has 0 bridgehead atoms. The SMILES string of the molecule is CC(=O)OC(C(=O)Nc1n[nH]c2ccc(Nc3c(N[C@H](C)c4cccc(O)c4)c(=O)c3=O)cc12)c1ccccc1. The molecule has 5 rings (SSSR count). The molecule has 11 heteroatoms. The molecular formula is C29H25N5O6. The van der Waals surface area contributed by atoms with Crippen LogP contribution in [-0.2, 0) is 14.3 Å². The van der Waals surface area contributed by atoms with E-state index in [1.165, 1.54) is 6.92 Å². The van der Waals surface area contributed by atoms with Crippen molar-refractivity contribution in [3.8, 4) is 5.75 Å². The van der Waals surface area contributed by atoms with Crippen LogP contribution in [0.5, 0.6) is 5.75 Å². The van der Waals surface area contributed by atoms with Gasteiger partial charge in [-0.1, -0.05) is 42.5 Å². The second-order valence-electron chi connectivity index (χ2n) is 9.22. The lowest BCUT2D eigenvalue weighted by Gasteiger charge is -2.20. The van der Waals surface area contributed by atoms with E-state index in [1.807, 2.05) is 0 Å². The van der Waals surface area contributed by atoms with Crippen LogP contribution in [0.3, 0.4) is 0 Å². The van der Waals surface area contributed by atoms with Crippen LogP contribution in [0.4, 0.5) is 22.9 Å². The summed E-state index contributed by atoms with van der Waals surface area (Å²) in [5, 5.41) is 26.0. The summed E-state index contributed by atoms with van der Waals surface area (Å²) in [6, 6.07) is 19.9. The summed E-state index contributed by atoms with van der Waals surface area (Å²) in [4.78, 5) is 49.5. The number of aromatic amines is 1. The molecule has 11 nitrogen and oxygen atoms in total. The van der Waals surface area contributed by atoms with Gasteiger partial charge in [0.1, 0.15) is 17.1 Å². The molecule has 5 aromatic rings. The number of fused-ring (bicyclic) bond motifs is 1. The third-order valence-corrected chi connectivity index (χ3v) is 6.34. The number of phenols is 1. The molecule has 0 saturated heterocycles. The van der Waals surface area contributed by atoms with E-state index in [4.69, 9.17) is 4.74 Å². The molecule has 0 fully saturated rings. The van der Waals surface area contributed by atoms with Crippen LogP contribution in [0.1, 0.15) is 37.1 Å². The Morgan fingerprint density at radius 3 is 2.38 bits per heavy atom. The number of hydrogen-bond donors (Lipinski definition) is 5. The second kappa shape index (κ2) is 10.7. The third-order valence-electron chi connectivity index (χ3n) is 6.34. The highest BCUT2D eigenvalue weighted by atomic mass is 16.5. The number of aromatic hydroxyl groups is 1. The Bertz CT molecular complexity index is 1790. The lowest BCUT2D eigenvalue weighted by atomic mass is 10.1. The molecule has 1 unspecified atom stereocenters. The number of nitrogens with zero attached hydrogens (tertiary/aromatic N) is 1. The number of aromatic nitrogens is 2. The molecule has 1 amide bonds. The summed E-state index contributed by atoms with van der Waals surface area (Å²) in [5.41, 5.74) is 1.23. The number of esters is 1. The first-order valence-electron chi connectivity index (χ1n) is 12.4. The highest BCUT2D eigenvalue weighted by molar-refractivity contribution is 6.03. The monoisotopic (exact) mass is 539 g/mol. The fourth-order valence-corrected chi connectivity index (χ4v) is 4.32. The van der Waals surface area contributed by atoms with E-state index in [-0.39, 0.29) is 29.0 Å². The van der Waals surface area contributed by atoms with Gasteiger partial charge in [0.15, 0.2) is 5.82 Å². The van der Waals surface area contributed by atoms with Gasteiger partial charge in [0.05, 0.1) is 5.52 Å². The number of hydrogen-bond acceptors (Lipinski definition) is 9. The lowest BCUT2D eigenvalue weighted by molar-refractivity contribution is -0.152. The van der Waals surface area contributed by atoms with Gasteiger partial charge in [0, 0.05) is 29.6 Å². The topological polar surface area (TPSA) is 163 Å². The quantitative estimate of drug-likeness (QED) is 0.137. The average molecular weight is 540 g/mol. The normalized spacial score (nSPS) is 12.6. The molecule has 1 aromatic heterocycles. The standard InChI is InChI=1S/C29H25N5O6/c1-15(18-9-6-10-20(36)13-18)30-23-24(26(38)25(23)37)31-19-11-12-22-21(14-19)28(34-33-22)32-29(39)27(40-16(2)35)17-7-4-3-5-8-17/h3-15,27,30-31,36H,1-2H3,(H2,32,33,34,39)/t15-,27?/m1/s1. The fourth-order valence-electron chi connectivity index (χ4n) is 4.32. The van der Waals surface area contributed by atoms with Crippen molar-refractivity contribution >= 4 is 45.7 Å². The van der Waals surface area contributed by atoms with Crippen molar-refractivity contribution in [3.63, 3.8) is 0 Å². The molecular weight excluding hydrogens is 514 g/mol. The van der Waals surface area contributed by atoms with Crippen molar-refractivity contribution in [2.45, 2.75) is 26.0 Å². The second-order valence-corrected chi connectivity index (χ2v) is 9.22. The molecule has 202 valence electrons. The Hall–Kier alpha value is -5.45. The molecule has 1 heterocycles. The van der Waals surface area contributed by atoms with E-state index >= 15 is 0 Å². The van der Waals surface area contributed by atoms with Crippen LogP contribution in [0, 0.1) is 0 Å². The molecule has 0 spiro atoms. The van der Waals surface area contributed by atoms with Crippen molar-refractivity contribution < 1.29 is 19.4 Å². The van der Waals surface area contributed by atoms with Gasteiger partial charge in [-0.25, -0.2) is 0 Å². The largest absolute Gasteiger partial charge is 0.508 e. The molecule has 0 aliphatic heterocycles. The first kappa shape index (κ1) is 26.2. The molecule has 0 saturated carbocycles. The van der Waals surface area contributed by atoms with Crippen LogP contribution in [0.25, 0.3) is 10.9 Å². The Morgan fingerprint density at radius 1 is 0.925 bits per heavy atom. The molecule has 4 aromatic carbocycles. The number of carbonyl (C=O) groups excluding carboxylic acids is 2. The van der Waals surface area contributed by atoms with Crippen molar-refractivity contribution in [2.24, 2.45) is 0 Å². The first-order valence-corrected chi connectivity index (χ1v) is 12.4. The predicted octanol–water partition coefficient (Wildman–Crippen LogP) is 4.02. The van der Waals surface area contributed by atoms with Crippen molar-refractivity contribution in [2.75, 3.05) is 16.0 Å². The van der Waals surface area contributed by atoms with Gasteiger partial charge in [-0.2, -0.15) is 5.10 Å². The van der Waals surface area contributed by atoms with Gasteiger partial charge >= 0.3 is 5.97 Å². The average Bonchev–Trinajstić information content (AvgIpc) is 3.35. The summed E-state index contributed by atoms with van der Waals surface area (Å²) < 4.78 is 5.26. The number of amides is 1. The highest BCUT2D eigenvalue weighted by Crippen LogP contribution is 2.30. The van der Waals surface area contributed by atoms with Crippen LogP contribution in [0.15, 0.2) is 82.4 Å². The fraction of sp³-hybridized carbons (Fsp3) is 0.138. The maximum Gasteiger partial charge on any atom is 0.303 e. The number of rotatable bonds is 9. The molecule has 0 aliphatic rings. The lowest BCUT2D eigenvalue weighted by Crippen LogP contribution is -2.37. The zero-order valence-electron chi connectivity index (χ0n) is 21.5. The zero-order chi connectivity index (χ0) is 28.4. The molecule has 0 aliphatic carbocycles. The van der Waals surface area contributed by atoms with E-state index in [2.05, 4.69) is 26.1 Å². The Morgan fingerprint density at radius 2 is 1.65 bits per heavy atom. The minimum absolute atomic E-state index is 0.0914. The van der Waals surface area contributed by atoms with Gasteiger partial charge in [0.25, 0.3) is 16.8 Å². The van der Waals surface area contributed by atoms with Crippen molar-refractivity contribution in [1.82, 2.24) is 10.2 Å². The van der Waals surface area contributed by atoms with E-state index in [9.17, 15) is 24.3 Å². The number of ether oxygens (including phenoxy) is 1. The minimum atomic E-state index is -1.18. The summed E-state index contributed by atoms with van der Waals surface area (Å²) in [7, 11) is 0. The van der Waals surface area contributed by atoms with Gasteiger partial charge in [-0.3, -0.25) is 24.3 Å². The smallest absolute Gasteiger partial charge is 0.303 e. The van der Waals surface area contributed by atoms with E-state index in [0.717, 1.165) is 5.56 Å². The van der Waals surface area contributed by atoms with E-state index in [1.54, 1.807) is 79.7 Å². The zero-order valence-corrected chi connectivity index (χ0v) is 21.5. The number of benzene rings is 3. The Balaban J connectivity index is 1.37. The van der Waals surface area contributed by atoms with Crippen LogP contribution < -0.4 is 26.8 Å². The minimum Gasteiger partial charge on any atom is -0.508 e. The number of anilines is 4. The molecule has 40 heavy (non-hydrogen) atoms. The van der Waals surface area contributed by atoms with Crippen LogP contribution in [0.2, 0.25) is 0 Å². The third kappa shape index (κ3) is 5.25. The maximum atomic E-state index is 13.1. The predicted molar refractivity (Wildman–Crippen MR) is 150 cm³/mol. The summed E-state index contributed by atoms with van der Waals surface area (Å²) in [6.45, 7) is 3.03. The van der Waals surface area contributed by atoms with Crippen LogP contribution >= 0.6 is 0 Å². The van der Waals surface area contributed by atoms with Crippen LogP contribution in [-0.4, -0.2) is 27.2 Å². The number of nitrogens with one attached hydrogen (secondary N) is 4. The first-order chi connectivity index (χ1) is 19.2. The van der Waals surface area contributed by atoms with Crippen molar-refractivity contribution in [1.29, 1.82) is 0 Å². The summed E-state index contributed by atoms with van der Waals surface area (Å²) in [5.74, 6) is -0.924. The molecule has 0 radical (unpaired) electrons. The number of phenolic OH excluding ortho intramolecular Hbond substituents is 1. The van der Waals surface area contributed by atoms with E-state index < -0.39 is 28.8 Å². The van der Waals surface area contributed by atoms with Gasteiger partial charge in [0.2, 0.25) is 6.10 Å². The van der Waals surface area contributed by atoms with Crippen molar-refractivity contribution in [3.05, 3.63) is 104 Å². The Kier molecular flexibility index (Phi) is 7.02.